The number of nitrogen functional groups attached to an aromatic ring is 1. The van der Waals surface area contributed by atoms with Crippen LogP contribution in [0.1, 0.15) is 39.6 Å². The Bertz CT molecular complexity index is 1070. The van der Waals surface area contributed by atoms with Crippen molar-refractivity contribution < 1.29 is 9.18 Å². The molecule has 1 atom stereocenters. The van der Waals surface area contributed by atoms with Crippen molar-refractivity contribution in [3.63, 3.8) is 0 Å². The molecule has 1 aromatic carbocycles. The van der Waals surface area contributed by atoms with Crippen LogP contribution in [0.4, 0.5) is 10.3 Å². The molecular weight excluding hydrogens is 369 g/mol. The van der Waals surface area contributed by atoms with Crippen molar-refractivity contribution in [2.75, 3.05) is 5.73 Å². The summed E-state index contributed by atoms with van der Waals surface area (Å²) in [7, 11) is 0. The fourth-order valence-corrected chi connectivity index (χ4v) is 3.74. The highest BCUT2D eigenvalue weighted by molar-refractivity contribution is 6.29. The number of fused-ring (bicyclic) bond motifs is 1. The van der Waals surface area contributed by atoms with Gasteiger partial charge in [-0.1, -0.05) is 17.7 Å². The molecule has 136 valence electrons. The summed E-state index contributed by atoms with van der Waals surface area (Å²) in [4.78, 5) is 29.3. The van der Waals surface area contributed by atoms with Gasteiger partial charge in [0.15, 0.2) is 5.78 Å². The number of nitrogens with zero attached hydrogens (tertiary/aromatic N) is 4. The lowest BCUT2D eigenvalue weighted by Crippen LogP contribution is -2.23. The lowest BCUT2D eigenvalue weighted by molar-refractivity contribution is 0.0962. The first-order valence-electron chi connectivity index (χ1n) is 8.36. The monoisotopic (exact) mass is 383 g/mol. The van der Waals surface area contributed by atoms with Gasteiger partial charge in [0.25, 0.3) is 0 Å². The van der Waals surface area contributed by atoms with Gasteiger partial charge in [-0.25, -0.2) is 19.3 Å². The molecule has 1 aliphatic rings. The van der Waals surface area contributed by atoms with Crippen molar-refractivity contribution >= 4 is 23.3 Å². The number of nitrogens with two attached hydrogens (primary N) is 1. The third kappa shape index (κ3) is 3.26. The largest absolute Gasteiger partial charge is 0.368 e. The predicted molar refractivity (Wildman–Crippen MR) is 99.0 cm³/mol. The van der Waals surface area contributed by atoms with E-state index in [1.807, 2.05) is 0 Å². The van der Waals surface area contributed by atoms with Gasteiger partial charge >= 0.3 is 0 Å². The molecule has 0 aliphatic heterocycles. The number of rotatable bonds is 2. The van der Waals surface area contributed by atoms with Crippen LogP contribution in [0.5, 0.6) is 0 Å². The summed E-state index contributed by atoms with van der Waals surface area (Å²) in [6.45, 7) is 1.75. The number of carbonyl (C=O) groups is 1. The summed E-state index contributed by atoms with van der Waals surface area (Å²) >= 11 is 5.95. The van der Waals surface area contributed by atoms with Crippen LogP contribution in [-0.4, -0.2) is 25.7 Å². The summed E-state index contributed by atoms with van der Waals surface area (Å²) < 4.78 is 13.9. The Balaban J connectivity index is 1.82. The van der Waals surface area contributed by atoms with E-state index in [-0.39, 0.29) is 29.2 Å². The first kappa shape index (κ1) is 17.5. The summed E-state index contributed by atoms with van der Waals surface area (Å²) in [5.74, 6) is -0.499. The Kier molecular flexibility index (Phi) is 4.31. The molecule has 0 spiro atoms. The van der Waals surface area contributed by atoms with Crippen LogP contribution in [0.2, 0.25) is 5.15 Å². The third-order valence-corrected chi connectivity index (χ3v) is 4.85. The number of Topliss-reactive ketones (excluding diaryl/α,β-unsaturated/α-hetero) is 1. The minimum Gasteiger partial charge on any atom is -0.368 e. The average Bonchev–Trinajstić information content (AvgIpc) is 2.60. The highest BCUT2D eigenvalue weighted by Gasteiger charge is 2.31. The van der Waals surface area contributed by atoms with Crippen molar-refractivity contribution in [2.24, 2.45) is 0 Å². The number of hydrogen-bond donors (Lipinski definition) is 1. The quantitative estimate of drug-likeness (QED) is 0.727. The topological polar surface area (TPSA) is 94.7 Å². The van der Waals surface area contributed by atoms with Crippen LogP contribution < -0.4 is 5.73 Å². The Morgan fingerprint density at radius 1 is 1.19 bits per heavy atom. The first-order valence-corrected chi connectivity index (χ1v) is 8.73. The molecule has 2 aromatic heterocycles. The van der Waals surface area contributed by atoms with Gasteiger partial charge in [-0.05, 0) is 37.0 Å². The Labute approximate surface area is 159 Å². The molecule has 4 rings (SSSR count). The van der Waals surface area contributed by atoms with E-state index in [1.165, 1.54) is 24.5 Å². The van der Waals surface area contributed by atoms with Gasteiger partial charge in [0.2, 0.25) is 5.95 Å². The Morgan fingerprint density at radius 3 is 2.78 bits per heavy atom. The minimum atomic E-state index is -0.402. The number of anilines is 1. The summed E-state index contributed by atoms with van der Waals surface area (Å²) in [6, 6.07) is 4.43. The summed E-state index contributed by atoms with van der Waals surface area (Å²) in [6.07, 6.45) is 3.70. The zero-order chi connectivity index (χ0) is 19.1. The highest BCUT2D eigenvalue weighted by Crippen LogP contribution is 2.37. The van der Waals surface area contributed by atoms with Crippen molar-refractivity contribution in [3.05, 3.63) is 64.1 Å². The van der Waals surface area contributed by atoms with Gasteiger partial charge in [0.1, 0.15) is 11.0 Å². The molecule has 3 aromatic rings. The maximum absolute atomic E-state index is 13.9. The fraction of sp³-hybridized carbons (Fsp3) is 0.211. The SMILES string of the molecule is Cc1nc(N)nc2c1C(=O)CC(c1ccc(F)cc1-c1cncc(Cl)n1)C2. The zero-order valence-corrected chi connectivity index (χ0v) is 15.2. The summed E-state index contributed by atoms with van der Waals surface area (Å²) in [5.41, 5.74) is 9.30. The summed E-state index contributed by atoms with van der Waals surface area (Å²) in [5, 5.41) is 0.212. The van der Waals surface area contributed by atoms with E-state index in [1.54, 1.807) is 13.0 Å². The number of aryl methyl sites for hydroxylation is 1. The molecule has 2 heterocycles. The number of ketones is 1. The van der Waals surface area contributed by atoms with Crippen LogP contribution in [0.25, 0.3) is 11.3 Å². The van der Waals surface area contributed by atoms with Crippen molar-refractivity contribution in [1.29, 1.82) is 0 Å². The number of hydrogen-bond acceptors (Lipinski definition) is 6. The maximum Gasteiger partial charge on any atom is 0.220 e. The Hall–Kier alpha value is -2.93. The fourth-order valence-electron chi connectivity index (χ4n) is 3.60. The number of carbonyl (C=O) groups excluding carboxylic acids is 1. The van der Waals surface area contributed by atoms with E-state index >= 15 is 0 Å². The lowest BCUT2D eigenvalue weighted by Gasteiger charge is -2.26. The molecular formula is C19H15ClFN5O. The first-order chi connectivity index (χ1) is 12.9. The smallest absolute Gasteiger partial charge is 0.220 e. The maximum atomic E-state index is 13.9. The van der Waals surface area contributed by atoms with Gasteiger partial charge < -0.3 is 5.73 Å². The molecule has 1 aliphatic carbocycles. The van der Waals surface area contributed by atoms with Crippen molar-refractivity contribution in [2.45, 2.75) is 25.7 Å². The number of halogens is 2. The van der Waals surface area contributed by atoms with Gasteiger partial charge in [-0.2, -0.15) is 0 Å². The third-order valence-electron chi connectivity index (χ3n) is 4.67. The van der Waals surface area contributed by atoms with E-state index in [2.05, 4.69) is 19.9 Å². The van der Waals surface area contributed by atoms with Crippen molar-refractivity contribution in [3.8, 4) is 11.3 Å². The standard InChI is InChI=1S/C19H15ClFN5O/c1-9-18-14(26-19(22)24-9)4-10(5-16(18)27)12-3-2-11(21)6-13(12)15-7-23-8-17(20)25-15/h2-3,6-8,10H,4-5H2,1H3,(H2,22,24,26). The van der Waals surface area contributed by atoms with E-state index in [0.717, 1.165) is 5.56 Å². The van der Waals surface area contributed by atoms with Gasteiger partial charge in [0, 0.05) is 12.0 Å². The molecule has 0 saturated carbocycles. The lowest BCUT2D eigenvalue weighted by atomic mass is 9.79. The molecule has 8 heteroatoms. The normalized spacial score (nSPS) is 16.3. The van der Waals surface area contributed by atoms with Crippen LogP contribution in [0.3, 0.4) is 0 Å². The number of benzene rings is 1. The molecule has 0 fully saturated rings. The average molecular weight is 384 g/mol. The zero-order valence-electron chi connectivity index (χ0n) is 14.4. The highest BCUT2D eigenvalue weighted by atomic mass is 35.5. The van der Waals surface area contributed by atoms with Crippen LogP contribution in [0, 0.1) is 12.7 Å². The molecule has 0 radical (unpaired) electrons. The Morgan fingerprint density at radius 2 is 2.00 bits per heavy atom. The predicted octanol–water partition coefficient (Wildman–Crippen LogP) is 3.53. The number of aromatic nitrogens is 4. The van der Waals surface area contributed by atoms with Crippen LogP contribution >= 0.6 is 11.6 Å². The second kappa shape index (κ2) is 6.66. The molecule has 0 saturated heterocycles. The van der Waals surface area contributed by atoms with E-state index in [9.17, 15) is 9.18 Å². The van der Waals surface area contributed by atoms with Gasteiger partial charge in [-0.3, -0.25) is 9.78 Å². The molecule has 0 amide bonds. The molecule has 0 bridgehead atoms. The van der Waals surface area contributed by atoms with E-state index in [0.29, 0.717) is 34.6 Å². The second-order valence-corrected chi connectivity index (χ2v) is 6.86. The van der Waals surface area contributed by atoms with Gasteiger partial charge in [0.05, 0.1) is 35.0 Å². The van der Waals surface area contributed by atoms with E-state index in [4.69, 9.17) is 17.3 Å². The molecule has 1 unspecified atom stereocenters. The second-order valence-electron chi connectivity index (χ2n) is 6.48. The van der Waals surface area contributed by atoms with Crippen LogP contribution in [-0.2, 0) is 6.42 Å². The van der Waals surface area contributed by atoms with Crippen LogP contribution in [0.15, 0.2) is 30.6 Å². The van der Waals surface area contributed by atoms with Crippen molar-refractivity contribution in [1.82, 2.24) is 19.9 Å². The molecule has 6 nitrogen and oxygen atoms in total. The molecule has 27 heavy (non-hydrogen) atoms. The van der Waals surface area contributed by atoms with E-state index < -0.39 is 5.82 Å². The molecule has 2 N–H and O–H groups in total. The minimum absolute atomic E-state index is 0.0498. The van der Waals surface area contributed by atoms with Gasteiger partial charge in [-0.15, -0.1) is 0 Å².